The van der Waals surface area contributed by atoms with E-state index in [4.69, 9.17) is 14.2 Å². The van der Waals surface area contributed by atoms with E-state index in [-0.39, 0.29) is 6.61 Å². The lowest BCUT2D eigenvalue weighted by Gasteiger charge is -2.31. The molecule has 1 unspecified atom stereocenters. The zero-order valence-electron chi connectivity index (χ0n) is 20.6. The van der Waals surface area contributed by atoms with Crippen molar-refractivity contribution in [2.45, 2.75) is 63.6 Å². The third-order valence-electron chi connectivity index (χ3n) is 6.77. The van der Waals surface area contributed by atoms with Crippen LogP contribution in [0.4, 0.5) is 5.82 Å². The van der Waals surface area contributed by atoms with Gasteiger partial charge >= 0.3 is 0 Å². The Morgan fingerprint density at radius 3 is 2.46 bits per heavy atom. The molecule has 2 fully saturated rings. The number of anilines is 1. The smallest absolute Gasteiger partial charge is 0.217 e. The van der Waals surface area contributed by atoms with E-state index in [1.807, 2.05) is 6.07 Å². The van der Waals surface area contributed by atoms with Crippen molar-refractivity contribution in [3.8, 4) is 23.3 Å². The first-order valence-corrected chi connectivity index (χ1v) is 12.4. The van der Waals surface area contributed by atoms with Crippen molar-refractivity contribution in [3.05, 3.63) is 24.8 Å². The van der Waals surface area contributed by atoms with Gasteiger partial charge in [-0.25, -0.2) is 19.9 Å². The molecule has 2 aromatic heterocycles. The summed E-state index contributed by atoms with van der Waals surface area (Å²) in [7, 11) is 1.74. The standard InChI is InChI=1S/C25H35N7O3/c1-18(13-33-2)31-19-3-5-20(6-4-19)32-23-11-21(27-16-29-23)22-12-24(30-17-28-22)35-15-25(14-26)7-9-34-10-8-25/h11-12,16-20,31H,3-10,13,15H2,1-2H3,(H,27,29,32). The van der Waals surface area contributed by atoms with Crippen LogP contribution in [-0.4, -0.2) is 71.6 Å². The van der Waals surface area contributed by atoms with Gasteiger partial charge in [0, 0.05) is 50.6 Å². The normalized spacial score (nSPS) is 22.7. The highest BCUT2D eigenvalue weighted by Crippen LogP contribution is 2.31. The zero-order chi connectivity index (χ0) is 24.5. The number of hydrogen-bond donors (Lipinski definition) is 2. The lowest BCUT2D eigenvalue weighted by Crippen LogP contribution is -2.42. The summed E-state index contributed by atoms with van der Waals surface area (Å²) in [6.45, 7) is 4.32. The van der Waals surface area contributed by atoms with Crippen LogP contribution in [0, 0.1) is 16.7 Å². The average molecular weight is 482 g/mol. The molecule has 3 heterocycles. The Hall–Kier alpha value is -2.87. The summed E-state index contributed by atoms with van der Waals surface area (Å²) in [5.74, 6) is 1.21. The molecule has 2 N–H and O–H groups in total. The van der Waals surface area contributed by atoms with E-state index in [1.165, 1.54) is 6.33 Å². The summed E-state index contributed by atoms with van der Waals surface area (Å²) in [5, 5.41) is 16.8. The number of nitrogens with zero attached hydrogens (tertiary/aromatic N) is 5. The molecule has 35 heavy (non-hydrogen) atoms. The highest BCUT2D eigenvalue weighted by atomic mass is 16.5. The number of nitrogens with one attached hydrogen (secondary N) is 2. The van der Waals surface area contributed by atoms with Crippen LogP contribution in [0.15, 0.2) is 24.8 Å². The summed E-state index contributed by atoms with van der Waals surface area (Å²) in [4.78, 5) is 17.4. The molecule has 10 nitrogen and oxygen atoms in total. The molecule has 1 saturated heterocycles. The van der Waals surface area contributed by atoms with Crippen LogP contribution in [0.5, 0.6) is 5.88 Å². The van der Waals surface area contributed by atoms with Gasteiger partial charge in [0.1, 0.15) is 25.1 Å². The fourth-order valence-electron chi connectivity index (χ4n) is 4.71. The van der Waals surface area contributed by atoms with E-state index in [0.717, 1.165) is 38.1 Å². The van der Waals surface area contributed by atoms with E-state index in [2.05, 4.69) is 43.6 Å². The van der Waals surface area contributed by atoms with Crippen molar-refractivity contribution in [2.24, 2.45) is 5.41 Å². The third kappa shape index (κ3) is 7.07. The average Bonchev–Trinajstić information content (AvgIpc) is 2.90. The highest BCUT2D eigenvalue weighted by molar-refractivity contribution is 5.58. The second-order valence-electron chi connectivity index (χ2n) is 9.54. The maximum absolute atomic E-state index is 9.64. The molecule has 0 radical (unpaired) electrons. The zero-order valence-corrected chi connectivity index (χ0v) is 20.6. The van der Waals surface area contributed by atoms with Gasteiger partial charge in [0.15, 0.2) is 0 Å². The molecule has 0 aromatic carbocycles. The molecule has 188 valence electrons. The Morgan fingerprint density at radius 2 is 1.74 bits per heavy atom. The lowest BCUT2D eigenvalue weighted by atomic mass is 9.83. The molecule has 1 aliphatic carbocycles. The van der Waals surface area contributed by atoms with Gasteiger partial charge in [-0.2, -0.15) is 5.26 Å². The SMILES string of the molecule is COCC(C)NC1CCC(Nc2cc(-c3cc(OCC4(C#N)CCOCC4)ncn3)ncn2)CC1. The van der Waals surface area contributed by atoms with Gasteiger partial charge in [-0.1, -0.05) is 0 Å². The minimum atomic E-state index is -0.536. The van der Waals surface area contributed by atoms with E-state index in [1.54, 1.807) is 19.5 Å². The second kappa shape index (κ2) is 12.2. The van der Waals surface area contributed by atoms with Gasteiger partial charge in [-0.15, -0.1) is 0 Å². The van der Waals surface area contributed by atoms with E-state index >= 15 is 0 Å². The van der Waals surface area contributed by atoms with Gasteiger partial charge in [0.25, 0.3) is 0 Å². The summed E-state index contributed by atoms with van der Waals surface area (Å²) in [6, 6.07) is 7.34. The molecule has 1 saturated carbocycles. The predicted molar refractivity (Wildman–Crippen MR) is 131 cm³/mol. The molecule has 1 atom stereocenters. The second-order valence-corrected chi connectivity index (χ2v) is 9.54. The predicted octanol–water partition coefficient (Wildman–Crippen LogP) is 2.98. The molecule has 2 aromatic rings. The Kier molecular flexibility index (Phi) is 8.79. The monoisotopic (exact) mass is 481 g/mol. The van der Waals surface area contributed by atoms with Crippen molar-refractivity contribution in [2.75, 3.05) is 38.9 Å². The van der Waals surface area contributed by atoms with Crippen LogP contribution in [0.25, 0.3) is 11.4 Å². The topological polar surface area (TPSA) is 127 Å². The molecule has 1 aliphatic heterocycles. The van der Waals surface area contributed by atoms with Crippen molar-refractivity contribution in [1.29, 1.82) is 5.26 Å². The van der Waals surface area contributed by atoms with E-state index in [9.17, 15) is 5.26 Å². The van der Waals surface area contributed by atoms with Crippen molar-refractivity contribution < 1.29 is 14.2 Å². The summed E-state index contributed by atoms with van der Waals surface area (Å²) in [6.07, 6.45) is 8.72. The summed E-state index contributed by atoms with van der Waals surface area (Å²) in [5.41, 5.74) is 0.809. The van der Waals surface area contributed by atoms with Crippen LogP contribution in [0.2, 0.25) is 0 Å². The molecule has 0 amide bonds. The fraction of sp³-hybridized carbons (Fsp3) is 0.640. The maximum atomic E-state index is 9.64. The molecule has 2 aliphatic rings. The first-order chi connectivity index (χ1) is 17.1. The number of nitriles is 1. The van der Waals surface area contributed by atoms with Crippen LogP contribution >= 0.6 is 0 Å². The van der Waals surface area contributed by atoms with Crippen LogP contribution in [-0.2, 0) is 9.47 Å². The number of aromatic nitrogens is 4. The van der Waals surface area contributed by atoms with Crippen LogP contribution < -0.4 is 15.4 Å². The van der Waals surface area contributed by atoms with Crippen LogP contribution in [0.1, 0.15) is 45.4 Å². The number of rotatable bonds is 10. The molecular weight excluding hydrogens is 446 g/mol. The Morgan fingerprint density at radius 1 is 1.06 bits per heavy atom. The molecule has 10 heteroatoms. The highest BCUT2D eigenvalue weighted by Gasteiger charge is 2.34. The first kappa shape index (κ1) is 25.2. The Labute approximate surface area is 206 Å². The number of ether oxygens (including phenoxy) is 3. The Balaban J connectivity index is 1.33. The van der Waals surface area contributed by atoms with Crippen molar-refractivity contribution >= 4 is 5.82 Å². The molecule has 0 bridgehead atoms. The van der Waals surface area contributed by atoms with Gasteiger partial charge in [0.2, 0.25) is 5.88 Å². The maximum Gasteiger partial charge on any atom is 0.217 e. The van der Waals surface area contributed by atoms with Gasteiger partial charge in [-0.3, -0.25) is 0 Å². The number of hydrogen-bond acceptors (Lipinski definition) is 10. The van der Waals surface area contributed by atoms with Crippen LogP contribution in [0.3, 0.4) is 0 Å². The van der Waals surface area contributed by atoms with Gasteiger partial charge in [-0.05, 0) is 45.4 Å². The molecule has 4 rings (SSSR count). The Bertz CT molecular complexity index is 985. The van der Waals surface area contributed by atoms with Crippen molar-refractivity contribution in [3.63, 3.8) is 0 Å². The number of methoxy groups -OCH3 is 1. The molecule has 0 spiro atoms. The lowest BCUT2D eigenvalue weighted by molar-refractivity contribution is 0.0183. The molecular formula is C25H35N7O3. The third-order valence-corrected chi connectivity index (χ3v) is 6.77. The minimum absolute atomic E-state index is 0.279. The minimum Gasteiger partial charge on any atom is -0.476 e. The summed E-state index contributed by atoms with van der Waals surface area (Å²) < 4.78 is 16.5. The van der Waals surface area contributed by atoms with E-state index < -0.39 is 5.41 Å². The fourth-order valence-corrected chi connectivity index (χ4v) is 4.71. The largest absolute Gasteiger partial charge is 0.476 e. The van der Waals surface area contributed by atoms with E-state index in [0.29, 0.717) is 61.4 Å². The van der Waals surface area contributed by atoms with Gasteiger partial charge < -0.3 is 24.8 Å². The van der Waals surface area contributed by atoms with Gasteiger partial charge in [0.05, 0.1) is 29.5 Å². The first-order valence-electron chi connectivity index (χ1n) is 12.4. The summed E-state index contributed by atoms with van der Waals surface area (Å²) >= 11 is 0. The van der Waals surface area contributed by atoms with Crippen molar-refractivity contribution in [1.82, 2.24) is 25.3 Å². The quantitative estimate of drug-likeness (QED) is 0.523.